The van der Waals surface area contributed by atoms with Gasteiger partial charge in [0.25, 0.3) is 5.69 Å². The molecule has 8 heteroatoms. The van der Waals surface area contributed by atoms with E-state index < -0.39 is 4.92 Å². The molecule has 0 aliphatic rings. The molecule has 27 heavy (non-hydrogen) atoms. The van der Waals surface area contributed by atoms with Gasteiger partial charge in [0, 0.05) is 28.3 Å². The average molecular weight is 381 g/mol. The van der Waals surface area contributed by atoms with Gasteiger partial charge in [0.15, 0.2) is 0 Å². The highest BCUT2D eigenvalue weighted by atomic mass is 32.1. The highest BCUT2D eigenvalue weighted by Crippen LogP contribution is 2.30. The molecule has 0 fully saturated rings. The van der Waals surface area contributed by atoms with E-state index in [0.29, 0.717) is 22.3 Å². The highest BCUT2D eigenvalue weighted by molar-refractivity contribution is 7.09. The van der Waals surface area contributed by atoms with Crippen LogP contribution < -0.4 is 5.32 Å². The van der Waals surface area contributed by atoms with Gasteiger partial charge in [-0.15, -0.1) is 11.3 Å². The maximum Gasteiger partial charge on any atom is 0.270 e. The van der Waals surface area contributed by atoms with Crippen LogP contribution in [0.3, 0.4) is 0 Å². The normalized spacial score (nSPS) is 12.6. The summed E-state index contributed by atoms with van der Waals surface area (Å²) in [5.74, 6) is 0.535. The molecule has 1 atom stereocenters. The summed E-state index contributed by atoms with van der Waals surface area (Å²) in [5, 5.41) is 27.2. The smallest absolute Gasteiger partial charge is 0.270 e. The first kappa shape index (κ1) is 18.7. The maximum atomic E-state index is 11.0. The van der Waals surface area contributed by atoms with Gasteiger partial charge in [0.1, 0.15) is 10.8 Å². The lowest BCUT2D eigenvalue weighted by molar-refractivity contribution is -0.384. The van der Waals surface area contributed by atoms with Gasteiger partial charge in [-0.3, -0.25) is 10.1 Å². The average Bonchev–Trinajstić information content (AvgIpc) is 3.11. The number of rotatable bonds is 4. The third-order valence-corrected chi connectivity index (χ3v) is 5.18. The summed E-state index contributed by atoms with van der Waals surface area (Å²) in [4.78, 5) is 19.7. The topological polar surface area (TPSA) is 105 Å². The lowest BCUT2D eigenvalue weighted by atomic mass is 9.93. The van der Waals surface area contributed by atoms with Crippen molar-refractivity contribution in [1.29, 1.82) is 5.26 Å². The van der Waals surface area contributed by atoms with Crippen LogP contribution in [-0.4, -0.2) is 14.9 Å². The Labute approximate surface area is 160 Å². The Balaban J connectivity index is 1.93. The number of hydrogen-bond acceptors (Lipinski definition) is 7. The van der Waals surface area contributed by atoms with Gasteiger partial charge >= 0.3 is 0 Å². The van der Waals surface area contributed by atoms with Crippen molar-refractivity contribution < 1.29 is 4.92 Å². The van der Waals surface area contributed by atoms with Crippen LogP contribution in [0.4, 0.5) is 11.5 Å². The minimum absolute atomic E-state index is 0.0155. The first-order valence-electron chi connectivity index (χ1n) is 8.41. The molecule has 0 spiro atoms. The minimum Gasteiger partial charge on any atom is -0.361 e. The second-order valence-electron chi connectivity index (χ2n) is 7.31. The van der Waals surface area contributed by atoms with Gasteiger partial charge in [0.05, 0.1) is 33.8 Å². The van der Waals surface area contributed by atoms with E-state index in [2.05, 4.69) is 42.5 Å². The van der Waals surface area contributed by atoms with E-state index >= 15 is 0 Å². The largest absolute Gasteiger partial charge is 0.361 e. The molecule has 2 heterocycles. The predicted octanol–water partition coefficient (Wildman–Crippen LogP) is 4.94. The molecule has 0 saturated heterocycles. The van der Waals surface area contributed by atoms with Crippen molar-refractivity contribution in [2.75, 3.05) is 5.32 Å². The zero-order valence-corrected chi connectivity index (χ0v) is 16.3. The van der Waals surface area contributed by atoms with Gasteiger partial charge in [0.2, 0.25) is 0 Å². The summed E-state index contributed by atoms with van der Waals surface area (Å²) in [5.41, 5.74) is 1.83. The Kier molecular flexibility index (Phi) is 4.81. The van der Waals surface area contributed by atoms with Gasteiger partial charge in [-0.25, -0.2) is 9.97 Å². The molecule has 0 amide bonds. The number of nitrogens with one attached hydrogen (secondary N) is 1. The lowest BCUT2D eigenvalue weighted by Gasteiger charge is -2.16. The van der Waals surface area contributed by atoms with Crippen LogP contribution in [0.15, 0.2) is 29.6 Å². The Bertz CT molecular complexity index is 1060. The Hall–Kier alpha value is -3.05. The highest BCUT2D eigenvalue weighted by Gasteiger charge is 2.20. The minimum atomic E-state index is -0.482. The number of non-ortho nitro benzene ring substituents is 1. The molecule has 3 aromatic rings. The van der Waals surface area contributed by atoms with Crippen molar-refractivity contribution in [2.24, 2.45) is 0 Å². The molecule has 1 aromatic carbocycles. The SMILES string of the molecule is CC(Nc1cc(C#N)c2cc([N+](=O)[O-])ccc2n1)c1nc(C(C)(C)C)cs1. The standard InChI is InChI=1S/C19H19N5O2S/c1-11(18-23-16(10-27-18)19(2,3)4)21-17-7-12(9-20)14-8-13(24(25)26)5-6-15(14)22-17/h5-8,10-11H,1-4H3,(H,21,22). The molecule has 0 bridgehead atoms. The Morgan fingerprint density at radius 2 is 2.04 bits per heavy atom. The number of benzene rings is 1. The van der Waals surface area contributed by atoms with E-state index in [1.165, 1.54) is 12.1 Å². The third-order valence-electron chi connectivity index (χ3n) is 4.15. The number of fused-ring (bicyclic) bond motifs is 1. The quantitative estimate of drug-likeness (QED) is 0.507. The van der Waals surface area contributed by atoms with Crippen LogP contribution in [0, 0.1) is 21.4 Å². The zero-order valence-electron chi connectivity index (χ0n) is 15.5. The number of nitro benzene ring substituents is 1. The zero-order chi connectivity index (χ0) is 19.8. The first-order valence-corrected chi connectivity index (χ1v) is 9.29. The van der Waals surface area contributed by atoms with Crippen molar-refractivity contribution in [1.82, 2.24) is 9.97 Å². The molecule has 2 aromatic heterocycles. The van der Waals surface area contributed by atoms with Crippen LogP contribution in [0.5, 0.6) is 0 Å². The maximum absolute atomic E-state index is 11.0. The van der Waals surface area contributed by atoms with Gasteiger partial charge in [-0.1, -0.05) is 20.8 Å². The third kappa shape index (κ3) is 3.88. The fraction of sp³-hybridized carbons (Fsp3) is 0.316. The van der Waals surface area contributed by atoms with Crippen molar-refractivity contribution >= 4 is 33.7 Å². The summed E-state index contributed by atoms with van der Waals surface area (Å²) in [6.07, 6.45) is 0. The molecule has 0 saturated carbocycles. The molecule has 1 N–H and O–H groups in total. The van der Waals surface area contributed by atoms with Crippen molar-refractivity contribution in [2.45, 2.75) is 39.2 Å². The van der Waals surface area contributed by atoms with E-state index in [-0.39, 0.29) is 17.1 Å². The summed E-state index contributed by atoms with van der Waals surface area (Å²) in [7, 11) is 0. The lowest BCUT2D eigenvalue weighted by Crippen LogP contribution is -2.13. The molecule has 138 valence electrons. The fourth-order valence-electron chi connectivity index (χ4n) is 2.61. The molecule has 7 nitrogen and oxygen atoms in total. The van der Waals surface area contributed by atoms with Crippen molar-refractivity contribution in [3.8, 4) is 6.07 Å². The number of nitriles is 1. The summed E-state index contributed by atoms with van der Waals surface area (Å²) < 4.78 is 0. The predicted molar refractivity (Wildman–Crippen MR) is 106 cm³/mol. The Morgan fingerprint density at radius 1 is 1.30 bits per heavy atom. The number of anilines is 1. The van der Waals surface area contributed by atoms with Crippen molar-refractivity contribution in [3.05, 3.63) is 56.0 Å². The van der Waals surface area contributed by atoms with E-state index in [1.54, 1.807) is 23.5 Å². The van der Waals surface area contributed by atoms with Gasteiger partial charge < -0.3 is 5.32 Å². The molecular formula is C19H19N5O2S. The first-order chi connectivity index (χ1) is 12.7. The van der Waals surface area contributed by atoms with Gasteiger partial charge in [-0.05, 0) is 19.1 Å². The van der Waals surface area contributed by atoms with E-state index in [9.17, 15) is 15.4 Å². The molecule has 3 rings (SSSR count). The van der Waals surface area contributed by atoms with Gasteiger partial charge in [-0.2, -0.15) is 5.26 Å². The van der Waals surface area contributed by atoms with Crippen LogP contribution in [0.1, 0.15) is 50.0 Å². The van der Waals surface area contributed by atoms with Crippen LogP contribution in [-0.2, 0) is 5.41 Å². The monoisotopic (exact) mass is 381 g/mol. The van der Waals surface area contributed by atoms with Crippen LogP contribution in [0.25, 0.3) is 10.9 Å². The summed E-state index contributed by atoms with van der Waals surface area (Å²) in [6, 6.07) is 7.96. The number of thiazole rings is 1. The number of nitrogens with zero attached hydrogens (tertiary/aromatic N) is 4. The van der Waals surface area contributed by atoms with Crippen molar-refractivity contribution in [3.63, 3.8) is 0 Å². The number of nitro groups is 1. The Morgan fingerprint density at radius 3 is 2.63 bits per heavy atom. The number of aromatic nitrogens is 2. The summed E-state index contributed by atoms with van der Waals surface area (Å²) >= 11 is 1.58. The van der Waals surface area contributed by atoms with Crippen LogP contribution >= 0.6 is 11.3 Å². The van der Waals surface area contributed by atoms with E-state index in [4.69, 9.17) is 4.98 Å². The summed E-state index contributed by atoms with van der Waals surface area (Å²) in [6.45, 7) is 8.34. The molecule has 0 aliphatic carbocycles. The van der Waals surface area contributed by atoms with E-state index in [1.807, 2.05) is 6.92 Å². The number of pyridine rings is 1. The fourth-order valence-corrected chi connectivity index (χ4v) is 3.66. The molecule has 1 unspecified atom stereocenters. The molecule has 0 radical (unpaired) electrons. The molecular weight excluding hydrogens is 362 g/mol. The van der Waals surface area contributed by atoms with E-state index in [0.717, 1.165) is 10.7 Å². The molecule has 0 aliphatic heterocycles. The number of hydrogen-bond donors (Lipinski definition) is 1. The second-order valence-corrected chi connectivity index (χ2v) is 8.20. The van der Waals surface area contributed by atoms with Crippen LogP contribution in [0.2, 0.25) is 0 Å². The second kappa shape index (κ2) is 6.93.